The Balaban J connectivity index is 2.82. The third-order valence-electron chi connectivity index (χ3n) is 2.69. The van der Waals surface area contributed by atoms with Crippen molar-refractivity contribution in [3.8, 4) is 23.4 Å². The molecule has 20 heavy (non-hydrogen) atoms. The highest BCUT2D eigenvalue weighted by molar-refractivity contribution is 7.71. The second-order valence-electron chi connectivity index (χ2n) is 3.85. The second kappa shape index (κ2) is 5.52. The molecule has 0 unspecified atom stereocenters. The Hall–Kier alpha value is -2.05. The maximum Gasteiger partial charge on any atom is 0.123 e. The number of halogens is 2. The van der Waals surface area contributed by atoms with E-state index in [2.05, 4.69) is 4.98 Å². The third-order valence-corrected chi connectivity index (χ3v) is 3.73. The van der Waals surface area contributed by atoms with Crippen molar-refractivity contribution in [3.05, 3.63) is 44.0 Å². The molecule has 0 saturated heterocycles. The zero-order valence-corrected chi connectivity index (χ0v) is 12.2. The van der Waals surface area contributed by atoms with Crippen LogP contribution in [-0.4, -0.2) is 4.98 Å². The average Bonchev–Trinajstić information content (AvgIpc) is 2.42. The maximum absolute atomic E-state index is 9.24. The van der Waals surface area contributed by atoms with Gasteiger partial charge in [-0.25, -0.2) is 0 Å². The first kappa shape index (κ1) is 14.4. The van der Waals surface area contributed by atoms with Crippen molar-refractivity contribution < 1.29 is 0 Å². The molecule has 0 fully saturated rings. The van der Waals surface area contributed by atoms with Crippen molar-refractivity contribution in [2.45, 2.75) is 0 Å². The highest BCUT2D eigenvalue weighted by Crippen LogP contribution is 2.32. The smallest absolute Gasteiger partial charge is 0.123 e. The van der Waals surface area contributed by atoms with Gasteiger partial charge in [-0.3, -0.25) is 0 Å². The van der Waals surface area contributed by atoms with Gasteiger partial charge in [0.15, 0.2) is 0 Å². The Morgan fingerprint density at radius 1 is 1.10 bits per heavy atom. The van der Waals surface area contributed by atoms with Gasteiger partial charge in [0.2, 0.25) is 0 Å². The molecule has 0 saturated carbocycles. The van der Waals surface area contributed by atoms with Crippen molar-refractivity contribution in [1.29, 1.82) is 10.5 Å². The SMILES string of the molecule is N#Cc1c(-c2ccc(Cl)c(Cl)c2)[nH]c(=S)c(C#N)c1N. The molecule has 0 aliphatic rings. The lowest BCUT2D eigenvalue weighted by Gasteiger charge is -2.09. The first-order chi connectivity index (χ1) is 9.49. The van der Waals surface area contributed by atoms with Crippen LogP contribution in [0.25, 0.3) is 11.3 Å². The van der Waals surface area contributed by atoms with E-state index in [1.54, 1.807) is 18.2 Å². The number of nitrogen functional groups attached to an aromatic ring is 1. The molecule has 7 heteroatoms. The van der Waals surface area contributed by atoms with Crippen LogP contribution >= 0.6 is 35.4 Å². The summed E-state index contributed by atoms with van der Waals surface area (Å²) < 4.78 is 0.171. The van der Waals surface area contributed by atoms with Crippen LogP contribution < -0.4 is 5.73 Å². The van der Waals surface area contributed by atoms with E-state index in [1.807, 2.05) is 12.1 Å². The molecular formula is C13H6Cl2N4S. The summed E-state index contributed by atoms with van der Waals surface area (Å²) in [7, 11) is 0. The fourth-order valence-electron chi connectivity index (χ4n) is 1.72. The van der Waals surface area contributed by atoms with Crippen LogP contribution in [0.2, 0.25) is 10.0 Å². The number of H-pyrrole nitrogens is 1. The molecule has 0 aliphatic carbocycles. The van der Waals surface area contributed by atoms with Crippen molar-refractivity contribution in [2.75, 3.05) is 5.73 Å². The van der Waals surface area contributed by atoms with Crippen LogP contribution in [0.5, 0.6) is 0 Å². The number of aromatic nitrogens is 1. The molecule has 2 rings (SSSR count). The van der Waals surface area contributed by atoms with Crippen LogP contribution in [0.1, 0.15) is 11.1 Å². The molecule has 0 spiro atoms. The number of nitrogens with zero attached hydrogens (tertiary/aromatic N) is 2. The Morgan fingerprint density at radius 2 is 1.75 bits per heavy atom. The van der Waals surface area contributed by atoms with Gasteiger partial charge >= 0.3 is 0 Å². The topological polar surface area (TPSA) is 89.4 Å². The number of benzene rings is 1. The number of hydrogen-bond donors (Lipinski definition) is 2. The lowest BCUT2D eigenvalue weighted by Crippen LogP contribution is -2.01. The van der Waals surface area contributed by atoms with Gasteiger partial charge < -0.3 is 10.7 Å². The number of hydrogen-bond acceptors (Lipinski definition) is 4. The number of nitrogens with one attached hydrogen (secondary N) is 1. The van der Waals surface area contributed by atoms with Gasteiger partial charge in [-0.15, -0.1) is 0 Å². The Kier molecular flexibility index (Phi) is 3.96. The van der Waals surface area contributed by atoms with E-state index in [0.29, 0.717) is 21.3 Å². The van der Waals surface area contributed by atoms with Gasteiger partial charge in [-0.05, 0) is 12.1 Å². The van der Waals surface area contributed by atoms with Crippen LogP contribution in [-0.2, 0) is 0 Å². The summed E-state index contributed by atoms with van der Waals surface area (Å²) >= 11 is 16.9. The summed E-state index contributed by atoms with van der Waals surface area (Å²) in [4.78, 5) is 2.84. The highest BCUT2D eigenvalue weighted by atomic mass is 35.5. The van der Waals surface area contributed by atoms with E-state index in [0.717, 1.165) is 0 Å². The highest BCUT2D eigenvalue weighted by Gasteiger charge is 2.15. The lowest BCUT2D eigenvalue weighted by atomic mass is 10.0. The predicted molar refractivity (Wildman–Crippen MR) is 80.9 cm³/mol. The Bertz CT molecular complexity index is 843. The lowest BCUT2D eigenvalue weighted by molar-refractivity contribution is 1.26. The summed E-state index contributed by atoms with van der Waals surface area (Å²) in [6, 6.07) is 8.73. The molecule has 98 valence electrons. The largest absolute Gasteiger partial charge is 0.396 e. The standard InChI is InChI=1S/C13H6Cl2N4S/c14-9-2-1-6(3-10(9)15)12-7(4-16)11(18)8(5-17)13(20)19-12/h1-3H,(H3,18,19,20). The fraction of sp³-hybridized carbons (Fsp3) is 0. The average molecular weight is 321 g/mol. The van der Waals surface area contributed by atoms with E-state index in [1.165, 1.54) is 0 Å². The fourth-order valence-corrected chi connectivity index (χ4v) is 2.27. The molecular weight excluding hydrogens is 315 g/mol. The van der Waals surface area contributed by atoms with Gasteiger partial charge in [0.05, 0.1) is 21.4 Å². The van der Waals surface area contributed by atoms with Crippen LogP contribution in [0.15, 0.2) is 18.2 Å². The molecule has 2 aromatic rings. The second-order valence-corrected chi connectivity index (χ2v) is 5.07. The van der Waals surface area contributed by atoms with Gasteiger partial charge in [0, 0.05) is 5.56 Å². The van der Waals surface area contributed by atoms with Crippen LogP contribution in [0.4, 0.5) is 5.69 Å². The van der Waals surface area contributed by atoms with E-state index in [4.69, 9.17) is 46.4 Å². The zero-order valence-electron chi connectivity index (χ0n) is 9.87. The number of pyridine rings is 1. The van der Waals surface area contributed by atoms with Crippen molar-refractivity contribution in [2.24, 2.45) is 0 Å². The number of nitrogens with two attached hydrogens (primary N) is 1. The quantitative estimate of drug-likeness (QED) is 0.776. The number of aromatic amines is 1. The molecule has 1 aromatic carbocycles. The first-order valence-corrected chi connectivity index (χ1v) is 6.47. The molecule has 0 aliphatic heterocycles. The van der Waals surface area contributed by atoms with E-state index in [9.17, 15) is 5.26 Å². The molecule has 0 atom stereocenters. The maximum atomic E-state index is 9.24. The summed E-state index contributed by atoms with van der Waals surface area (Å²) in [5, 5.41) is 19.0. The molecule has 1 heterocycles. The number of anilines is 1. The first-order valence-electron chi connectivity index (χ1n) is 5.31. The Labute approximate surface area is 130 Å². The van der Waals surface area contributed by atoms with E-state index < -0.39 is 0 Å². The van der Waals surface area contributed by atoms with E-state index >= 15 is 0 Å². The summed E-state index contributed by atoms with van der Waals surface area (Å²) in [6.45, 7) is 0. The van der Waals surface area contributed by atoms with Crippen molar-refractivity contribution in [1.82, 2.24) is 4.98 Å². The summed E-state index contributed by atoms with van der Waals surface area (Å²) in [5.74, 6) is 0. The van der Waals surface area contributed by atoms with Crippen LogP contribution in [0, 0.1) is 27.3 Å². The molecule has 0 radical (unpaired) electrons. The molecule has 3 N–H and O–H groups in total. The van der Waals surface area contributed by atoms with Gasteiger partial charge in [0.1, 0.15) is 27.9 Å². The summed E-state index contributed by atoms with van der Waals surface area (Å²) in [6.07, 6.45) is 0. The van der Waals surface area contributed by atoms with Crippen LogP contribution in [0.3, 0.4) is 0 Å². The minimum Gasteiger partial charge on any atom is -0.396 e. The molecule has 0 bridgehead atoms. The normalized spacial score (nSPS) is 9.80. The van der Waals surface area contributed by atoms with E-state index in [-0.39, 0.29) is 21.5 Å². The van der Waals surface area contributed by atoms with Gasteiger partial charge in [-0.2, -0.15) is 10.5 Å². The third kappa shape index (κ3) is 2.35. The number of nitriles is 2. The van der Waals surface area contributed by atoms with Gasteiger partial charge in [-0.1, -0.05) is 41.5 Å². The molecule has 1 aromatic heterocycles. The molecule has 4 nitrogen and oxygen atoms in total. The minimum atomic E-state index is 0.0554. The van der Waals surface area contributed by atoms with Crippen molar-refractivity contribution >= 4 is 41.1 Å². The van der Waals surface area contributed by atoms with Gasteiger partial charge in [0.25, 0.3) is 0 Å². The zero-order chi connectivity index (χ0) is 14.9. The number of rotatable bonds is 1. The minimum absolute atomic E-state index is 0.0554. The van der Waals surface area contributed by atoms with Crippen molar-refractivity contribution in [3.63, 3.8) is 0 Å². The Morgan fingerprint density at radius 3 is 2.30 bits per heavy atom. The summed E-state index contributed by atoms with van der Waals surface area (Å²) in [5.41, 5.74) is 7.13. The predicted octanol–water partition coefficient (Wildman–Crippen LogP) is 4.04. The monoisotopic (exact) mass is 320 g/mol. The molecule has 0 amide bonds.